The Bertz CT molecular complexity index is 535. The van der Waals surface area contributed by atoms with Crippen molar-refractivity contribution in [2.75, 3.05) is 0 Å². The first-order chi connectivity index (χ1) is 8.25. The van der Waals surface area contributed by atoms with Crippen molar-refractivity contribution in [1.29, 1.82) is 0 Å². The van der Waals surface area contributed by atoms with Crippen LogP contribution in [0.2, 0.25) is 0 Å². The van der Waals surface area contributed by atoms with Gasteiger partial charge in [0.15, 0.2) is 4.73 Å². The first-order valence-corrected chi connectivity index (χ1v) is 6.46. The molecule has 2 aromatic heterocycles. The van der Waals surface area contributed by atoms with Gasteiger partial charge < -0.3 is 10.3 Å². The summed E-state index contributed by atoms with van der Waals surface area (Å²) in [4.78, 5) is 8.73. The summed E-state index contributed by atoms with van der Waals surface area (Å²) in [7, 11) is 0. The van der Waals surface area contributed by atoms with E-state index in [9.17, 15) is 0 Å². The number of fused-ring (bicyclic) bond motifs is 1. The quantitative estimate of drug-likeness (QED) is 0.874. The van der Waals surface area contributed by atoms with Crippen LogP contribution < -0.4 is 5.73 Å². The molecule has 1 unspecified atom stereocenters. The summed E-state index contributed by atoms with van der Waals surface area (Å²) < 4.78 is 3.03. The smallest absolute Gasteiger partial charge is 0.177 e. The first kappa shape index (κ1) is 10.9. The summed E-state index contributed by atoms with van der Waals surface area (Å²) in [5.41, 5.74) is 9.33. The van der Waals surface area contributed by atoms with Gasteiger partial charge in [-0.2, -0.15) is 0 Å². The van der Waals surface area contributed by atoms with Crippen molar-refractivity contribution < 1.29 is 0 Å². The molecular weight excluding hydrogens is 280 g/mol. The Hall–Kier alpha value is -1.20. The second kappa shape index (κ2) is 4.23. The molecule has 0 saturated heterocycles. The fourth-order valence-electron chi connectivity index (χ4n) is 2.28. The predicted molar refractivity (Wildman–Crippen MR) is 69.5 cm³/mol. The first-order valence-electron chi connectivity index (χ1n) is 5.66. The molecule has 0 bridgehead atoms. The van der Waals surface area contributed by atoms with E-state index in [0.717, 1.165) is 35.4 Å². The average molecular weight is 293 g/mol. The Balaban J connectivity index is 2.11. The van der Waals surface area contributed by atoms with E-state index in [0.29, 0.717) is 0 Å². The molecule has 0 spiro atoms. The van der Waals surface area contributed by atoms with Gasteiger partial charge >= 0.3 is 0 Å². The van der Waals surface area contributed by atoms with E-state index in [4.69, 9.17) is 5.73 Å². The van der Waals surface area contributed by atoms with Crippen LogP contribution in [0, 0.1) is 0 Å². The number of hydrogen-bond acceptors (Lipinski definition) is 3. The zero-order valence-corrected chi connectivity index (χ0v) is 10.9. The molecule has 0 aliphatic carbocycles. The summed E-state index contributed by atoms with van der Waals surface area (Å²) in [6.07, 6.45) is 5.62. The Morgan fingerprint density at radius 1 is 1.47 bits per heavy atom. The summed E-state index contributed by atoms with van der Waals surface area (Å²) in [6.45, 7) is 0.836. The molecule has 0 radical (unpaired) electrons. The van der Waals surface area contributed by atoms with Gasteiger partial charge in [0.05, 0.1) is 5.69 Å². The van der Waals surface area contributed by atoms with Gasteiger partial charge in [0, 0.05) is 36.2 Å². The molecule has 3 rings (SSSR count). The van der Waals surface area contributed by atoms with Crippen molar-refractivity contribution in [3.05, 3.63) is 35.0 Å². The minimum atomic E-state index is 0.231. The Kier molecular flexibility index (Phi) is 2.72. The highest BCUT2D eigenvalue weighted by atomic mass is 79.9. The molecule has 3 heterocycles. The van der Waals surface area contributed by atoms with Gasteiger partial charge in [0.2, 0.25) is 0 Å². The number of halogens is 1. The van der Waals surface area contributed by atoms with Crippen LogP contribution in [0.5, 0.6) is 0 Å². The standard InChI is InChI=1S/C12H13BrN4/c13-12-16-11(8-2-1-5-15-6-8)10-4-3-9(14)7-17(10)12/h1-2,5-6,9H,3-4,7,14H2. The second-order valence-electron chi connectivity index (χ2n) is 4.33. The van der Waals surface area contributed by atoms with Crippen LogP contribution in [0.15, 0.2) is 29.3 Å². The highest BCUT2D eigenvalue weighted by Gasteiger charge is 2.23. The normalized spacial score (nSPS) is 19.1. The zero-order valence-electron chi connectivity index (χ0n) is 9.31. The lowest BCUT2D eigenvalue weighted by Gasteiger charge is -2.21. The van der Waals surface area contributed by atoms with Crippen molar-refractivity contribution in [2.45, 2.75) is 25.4 Å². The SMILES string of the molecule is NC1CCc2c(-c3cccnc3)nc(Br)n2C1. The van der Waals surface area contributed by atoms with E-state index in [1.807, 2.05) is 18.3 Å². The summed E-state index contributed by atoms with van der Waals surface area (Å²) >= 11 is 3.50. The van der Waals surface area contributed by atoms with Gasteiger partial charge in [0.1, 0.15) is 0 Å². The number of imidazole rings is 1. The molecule has 5 heteroatoms. The van der Waals surface area contributed by atoms with Gasteiger partial charge in [-0.25, -0.2) is 4.98 Å². The lowest BCUT2D eigenvalue weighted by molar-refractivity contribution is 0.455. The highest BCUT2D eigenvalue weighted by Crippen LogP contribution is 2.30. The maximum absolute atomic E-state index is 5.98. The number of nitrogens with two attached hydrogens (primary N) is 1. The van der Waals surface area contributed by atoms with Crippen molar-refractivity contribution in [2.24, 2.45) is 5.73 Å². The minimum Gasteiger partial charge on any atom is -0.326 e. The molecule has 2 aromatic rings. The molecule has 2 N–H and O–H groups in total. The van der Waals surface area contributed by atoms with Crippen LogP contribution >= 0.6 is 15.9 Å². The van der Waals surface area contributed by atoms with Crippen LogP contribution in [-0.2, 0) is 13.0 Å². The molecule has 1 atom stereocenters. The maximum atomic E-state index is 5.98. The van der Waals surface area contributed by atoms with Crippen molar-refractivity contribution in [3.63, 3.8) is 0 Å². The van der Waals surface area contributed by atoms with Gasteiger partial charge in [-0.05, 0) is 40.9 Å². The molecule has 0 amide bonds. The van der Waals surface area contributed by atoms with Crippen LogP contribution in [0.3, 0.4) is 0 Å². The van der Waals surface area contributed by atoms with E-state index < -0.39 is 0 Å². The van der Waals surface area contributed by atoms with E-state index in [2.05, 4.69) is 30.5 Å². The van der Waals surface area contributed by atoms with Crippen molar-refractivity contribution in [3.8, 4) is 11.3 Å². The lowest BCUT2D eigenvalue weighted by atomic mass is 10.0. The van der Waals surface area contributed by atoms with Crippen molar-refractivity contribution in [1.82, 2.24) is 14.5 Å². The third-order valence-electron chi connectivity index (χ3n) is 3.13. The molecular formula is C12H13BrN4. The molecule has 88 valence electrons. The predicted octanol–water partition coefficient (Wildman–Crippen LogP) is 1.98. The number of pyridine rings is 1. The number of aromatic nitrogens is 3. The van der Waals surface area contributed by atoms with Crippen LogP contribution in [0.4, 0.5) is 0 Å². The van der Waals surface area contributed by atoms with Crippen LogP contribution in [-0.4, -0.2) is 20.6 Å². The molecule has 1 aliphatic rings. The lowest BCUT2D eigenvalue weighted by Crippen LogP contribution is -2.31. The zero-order chi connectivity index (χ0) is 11.8. The Morgan fingerprint density at radius 3 is 3.12 bits per heavy atom. The maximum Gasteiger partial charge on any atom is 0.177 e. The van der Waals surface area contributed by atoms with E-state index in [-0.39, 0.29) is 6.04 Å². The number of hydrogen-bond donors (Lipinski definition) is 1. The topological polar surface area (TPSA) is 56.7 Å². The van der Waals surface area contributed by atoms with Gasteiger partial charge in [-0.3, -0.25) is 4.98 Å². The monoisotopic (exact) mass is 292 g/mol. The third kappa shape index (κ3) is 1.89. The molecule has 0 saturated carbocycles. The molecule has 1 aliphatic heterocycles. The van der Waals surface area contributed by atoms with E-state index in [1.54, 1.807) is 6.20 Å². The molecule has 17 heavy (non-hydrogen) atoms. The Labute approximate surface area is 108 Å². The van der Waals surface area contributed by atoms with Gasteiger partial charge in [0.25, 0.3) is 0 Å². The summed E-state index contributed by atoms with van der Waals surface area (Å²) in [6, 6.07) is 4.20. The highest BCUT2D eigenvalue weighted by molar-refractivity contribution is 9.10. The minimum absolute atomic E-state index is 0.231. The Morgan fingerprint density at radius 2 is 2.35 bits per heavy atom. The third-order valence-corrected chi connectivity index (χ3v) is 3.74. The van der Waals surface area contributed by atoms with E-state index >= 15 is 0 Å². The second-order valence-corrected chi connectivity index (χ2v) is 5.04. The fourth-order valence-corrected chi connectivity index (χ4v) is 2.81. The largest absolute Gasteiger partial charge is 0.326 e. The van der Waals surface area contributed by atoms with Crippen molar-refractivity contribution >= 4 is 15.9 Å². The number of rotatable bonds is 1. The fraction of sp³-hybridized carbons (Fsp3) is 0.333. The summed E-state index contributed by atoms with van der Waals surface area (Å²) in [5, 5.41) is 0. The molecule has 0 fully saturated rings. The van der Waals surface area contributed by atoms with Crippen LogP contribution in [0.25, 0.3) is 11.3 Å². The number of nitrogens with zero attached hydrogens (tertiary/aromatic N) is 3. The average Bonchev–Trinajstić information content (AvgIpc) is 2.68. The molecule has 0 aromatic carbocycles. The van der Waals surface area contributed by atoms with Gasteiger partial charge in [-0.1, -0.05) is 0 Å². The van der Waals surface area contributed by atoms with E-state index in [1.165, 1.54) is 5.69 Å². The summed E-state index contributed by atoms with van der Waals surface area (Å²) in [5.74, 6) is 0. The van der Waals surface area contributed by atoms with Gasteiger partial charge in [-0.15, -0.1) is 0 Å². The molecule has 4 nitrogen and oxygen atoms in total. The van der Waals surface area contributed by atoms with Crippen LogP contribution in [0.1, 0.15) is 12.1 Å².